The van der Waals surface area contributed by atoms with Crippen LogP contribution in [0.5, 0.6) is 0 Å². The van der Waals surface area contributed by atoms with Crippen LogP contribution in [-0.2, 0) is 14.4 Å². The molecule has 6 N–H and O–H groups in total. The third kappa shape index (κ3) is 9.74. The number of aromatic nitrogens is 1. The summed E-state index contributed by atoms with van der Waals surface area (Å²) in [7, 11) is 1.61. The van der Waals surface area contributed by atoms with Crippen molar-refractivity contribution in [2.45, 2.75) is 83.2 Å². The Hall–Kier alpha value is -6.31. The first-order valence-corrected chi connectivity index (χ1v) is 19.8. The first-order chi connectivity index (χ1) is 27.7. The number of nitrogens with one attached hydrogen (secondary N) is 6. The molecular weight excluding hydrogens is 725 g/mol. The maximum atomic E-state index is 13.3. The first kappa shape index (κ1) is 40.4. The molecule has 298 valence electrons. The molecule has 1 fully saturated rings. The summed E-state index contributed by atoms with van der Waals surface area (Å²) in [4.78, 5) is 81.5. The molecule has 4 aromatic rings. The molecule has 2 aliphatic rings. The summed E-state index contributed by atoms with van der Waals surface area (Å²) in [5, 5.41) is 18.7. The third-order valence-electron chi connectivity index (χ3n) is 10.3. The van der Waals surface area contributed by atoms with Gasteiger partial charge in [0.15, 0.2) is 0 Å². The van der Waals surface area contributed by atoms with Crippen LogP contribution >= 0.6 is 0 Å². The highest BCUT2D eigenvalue weighted by molar-refractivity contribution is 6.25. The molecule has 2 atom stereocenters. The Morgan fingerprint density at radius 2 is 1.56 bits per heavy atom. The summed E-state index contributed by atoms with van der Waals surface area (Å²) in [5.74, 6) is -2.75. The molecule has 0 saturated carbocycles. The van der Waals surface area contributed by atoms with Crippen molar-refractivity contribution in [1.29, 1.82) is 0 Å². The molecule has 14 heteroatoms. The Balaban J connectivity index is 0.861. The average Bonchev–Trinajstić information content (AvgIpc) is 3.47. The molecule has 6 rings (SSSR count). The highest BCUT2D eigenvalue weighted by Crippen LogP contribution is 2.33. The van der Waals surface area contributed by atoms with Gasteiger partial charge in [-0.05, 0) is 68.7 Å². The maximum absolute atomic E-state index is 13.3. The third-order valence-corrected chi connectivity index (χ3v) is 10.3. The summed E-state index contributed by atoms with van der Waals surface area (Å²) in [6.07, 6.45) is 10.2. The Morgan fingerprint density at radius 3 is 2.28 bits per heavy atom. The maximum Gasteiger partial charge on any atom is 0.264 e. The number of carbonyl (C=O) groups is 6. The van der Waals surface area contributed by atoms with E-state index in [0.717, 1.165) is 90.8 Å². The number of fused-ring (bicyclic) bond motifs is 2. The van der Waals surface area contributed by atoms with Gasteiger partial charge in [0.1, 0.15) is 12.1 Å². The molecule has 57 heavy (non-hydrogen) atoms. The monoisotopic (exact) mass is 774 g/mol. The molecule has 0 aliphatic carbocycles. The van der Waals surface area contributed by atoms with Crippen molar-refractivity contribution >= 4 is 69.1 Å². The van der Waals surface area contributed by atoms with Crippen molar-refractivity contribution < 1.29 is 28.8 Å². The number of hydrogen-bond acceptors (Lipinski definition) is 10. The lowest BCUT2D eigenvalue weighted by atomic mass is 10.0. The molecule has 0 spiro atoms. The number of anilines is 4. The van der Waals surface area contributed by atoms with Gasteiger partial charge in [-0.25, -0.2) is 0 Å². The summed E-state index contributed by atoms with van der Waals surface area (Å²) in [6, 6.07) is 18.8. The zero-order valence-corrected chi connectivity index (χ0v) is 32.4. The number of benzene rings is 3. The summed E-state index contributed by atoms with van der Waals surface area (Å²) < 4.78 is 0. The van der Waals surface area contributed by atoms with Crippen molar-refractivity contribution in [2.24, 2.45) is 0 Å². The van der Waals surface area contributed by atoms with E-state index in [1.54, 1.807) is 32.3 Å². The van der Waals surface area contributed by atoms with Gasteiger partial charge < -0.3 is 26.6 Å². The Bertz CT molecular complexity index is 2140. The number of para-hydroxylation sites is 1. The van der Waals surface area contributed by atoms with Gasteiger partial charge >= 0.3 is 0 Å². The number of nitrogens with zero attached hydrogens (tertiary/aromatic N) is 2. The van der Waals surface area contributed by atoms with Gasteiger partial charge in [-0.15, -0.1) is 0 Å². The number of pyridine rings is 1. The molecule has 6 amide bonds. The lowest BCUT2D eigenvalue weighted by Gasteiger charge is -2.27. The van der Waals surface area contributed by atoms with Crippen LogP contribution < -0.4 is 31.9 Å². The van der Waals surface area contributed by atoms with E-state index in [0.29, 0.717) is 17.8 Å². The summed E-state index contributed by atoms with van der Waals surface area (Å²) >= 11 is 0. The highest BCUT2D eigenvalue weighted by atomic mass is 16.2. The van der Waals surface area contributed by atoms with E-state index in [-0.39, 0.29) is 35.8 Å². The van der Waals surface area contributed by atoms with E-state index in [9.17, 15) is 28.8 Å². The number of amides is 6. The van der Waals surface area contributed by atoms with Crippen molar-refractivity contribution in [2.75, 3.05) is 36.1 Å². The molecule has 2 unspecified atom stereocenters. The highest BCUT2D eigenvalue weighted by Gasteiger charge is 2.45. The lowest BCUT2D eigenvalue weighted by Crippen LogP contribution is -2.54. The topological polar surface area (TPSA) is 191 Å². The fourth-order valence-corrected chi connectivity index (χ4v) is 7.25. The smallest absolute Gasteiger partial charge is 0.264 e. The molecule has 14 nitrogen and oxygen atoms in total. The quantitative estimate of drug-likeness (QED) is 0.0495. The number of rotatable bonds is 19. The number of imide groups is 2. The second-order valence-electron chi connectivity index (χ2n) is 14.4. The Kier molecular flexibility index (Phi) is 13.5. The van der Waals surface area contributed by atoms with Crippen LogP contribution in [-0.4, -0.2) is 77.5 Å². The van der Waals surface area contributed by atoms with Crippen LogP contribution in [0.2, 0.25) is 0 Å². The van der Waals surface area contributed by atoms with Gasteiger partial charge in [-0.3, -0.25) is 44.0 Å². The molecule has 3 aromatic carbocycles. The number of hydrogen-bond donors (Lipinski definition) is 6. The van der Waals surface area contributed by atoms with Crippen LogP contribution in [0.15, 0.2) is 72.9 Å². The van der Waals surface area contributed by atoms with Crippen molar-refractivity contribution in [3.63, 3.8) is 0 Å². The van der Waals surface area contributed by atoms with E-state index in [1.807, 2.05) is 48.5 Å². The minimum absolute atomic E-state index is 0.0401. The second kappa shape index (κ2) is 19.0. The van der Waals surface area contributed by atoms with E-state index in [1.165, 1.54) is 6.07 Å². The van der Waals surface area contributed by atoms with Crippen LogP contribution in [0, 0.1) is 0 Å². The van der Waals surface area contributed by atoms with Gasteiger partial charge in [-0.2, -0.15) is 0 Å². The summed E-state index contributed by atoms with van der Waals surface area (Å²) in [5.41, 5.74) is 4.47. The van der Waals surface area contributed by atoms with E-state index in [4.69, 9.17) is 0 Å². The van der Waals surface area contributed by atoms with Crippen LogP contribution in [0.4, 0.5) is 22.7 Å². The molecule has 1 saturated heterocycles. The van der Waals surface area contributed by atoms with Crippen molar-refractivity contribution in [3.8, 4) is 0 Å². The van der Waals surface area contributed by atoms with E-state index >= 15 is 0 Å². The zero-order chi connectivity index (χ0) is 40.3. The van der Waals surface area contributed by atoms with Gasteiger partial charge in [0.05, 0.1) is 27.9 Å². The fourth-order valence-electron chi connectivity index (χ4n) is 7.25. The van der Waals surface area contributed by atoms with Crippen molar-refractivity contribution in [1.82, 2.24) is 25.8 Å². The van der Waals surface area contributed by atoms with E-state index < -0.39 is 35.7 Å². The van der Waals surface area contributed by atoms with Crippen molar-refractivity contribution in [3.05, 3.63) is 89.6 Å². The molecular formula is C43H50N8O6. The fraction of sp³-hybridized carbons (Fsp3) is 0.372. The first-order valence-electron chi connectivity index (χ1n) is 19.8. The predicted octanol–water partition coefficient (Wildman–Crippen LogP) is 5.89. The Labute approximate surface area is 331 Å². The van der Waals surface area contributed by atoms with Gasteiger partial charge in [0.2, 0.25) is 17.7 Å². The molecule has 0 bridgehead atoms. The lowest BCUT2D eigenvalue weighted by molar-refractivity contribution is -0.136. The average molecular weight is 775 g/mol. The zero-order valence-electron chi connectivity index (χ0n) is 32.4. The number of carbonyl (C=O) groups excluding carboxylic acids is 6. The number of unbranched alkanes of at least 4 members (excludes halogenated alkanes) is 7. The standard InChI is InChI=1S/C43H50N8O6/c1-27(48-34-18-14-17-30-37(34)43(57)51(42(30)56)35-21-22-36(52)50-41(35)55)39(53)46-24-13-8-6-4-3-5-7-12-23-45-29-19-20-33-31(25-29)38(32(26-47-33)40(54)44-2)49-28-15-10-9-11-16-28/h9-11,14-20,25-27,35,45,48H,3-8,12-13,21-24H2,1-2H3,(H,44,54)(H,46,53)(H,47,49)(H,50,52,55). The minimum Gasteiger partial charge on any atom is -0.385 e. The van der Waals surface area contributed by atoms with Crippen LogP contribution in [0.25, 0.3) is 10.9 Å². The van der Waals surface area contributed by atoms with E-state index in [2.05, 4.69) is 36.9 Å². The molecule has 1 aromatic heterocycles. The van der Waals surface area contributed by atoms with Gasteiger partial charge in [0, 0.05) is 55.2 Å². The molecule has 2 aliphatic heterocycles. The summed E-state index contributed by atoms with van der Waals surface area (Å²) in [6.45, 7) is 3.06. The second-order valence-corrected chi connectivity index (χ2v) is 14.4. The Morgan fingerprint density at radius 1 is 0.842 bits per heavy atom. The molecule has 0 radical (unpaired) electrons. The molecule has 3 heterocycles. The number of piperidine rings is 1. The largest absolute Gasteiger partial charge is 0.385 e. The SMILES string of the molecule is CNC(=O)c1cnc2ccc(NCCCCCCCCCCNC(=O)C(C)Nc3cccc4c3C(=O)N(C3CCC(=O)NC3=O)C4=O)cc2c1Nc1ccccc1. The predicted molar refractivity (Wildman–Crippen MR) is 219 cm³/mol. The minimum atomic E-state index is -1.06. The van der Waals surface area contributed by atoms with Crippen LogP contribution in [0.1, 0.15) is 102 Å². The van der Waals surface area contributed by atoms with Gasteiger partial charge in [-0.1, -0.05) is 62.8 Å². The van der Waals surface area contributed by atoms with Gasteiger partial charge in [0.25, 0.3) is 17.7 Å². The normalized spacial score (nSPS) is 15.5. The van der Waals surface area contributed by atoms with Crippen LogP contribution in [0.3, 0.4) is 0 Å².